The van der Waals surface area contributed by atoms with Gasteiger partial charge in [-0.15, -0.1) is 20.4 Å². The molecule has 54 nitrogen and oxygen atoms in total. The molecule has 18 unspecified atom stereocenters. The molecule has 776 valence electrons. The number of aliphatic hydroxyl groups excluding tert-OH is 10. The van der Waals surface area contributed by atoms with E-state index in [1.807, 2.05) is 12.4 Å². The first-order valence-electron chi connectivity index (χ1n) is 45.8. The molecular formula is C82H142N18O36. The highest BCUT2D eigenvalue weighted by atomic mass is 16.7. The second-order valence-electron chi connectivity index (χ2n) is 32.2. The maximum absolute atomic E-state index is 13.6. The maximum Gasteiger partial charge on any atom is 0.320 e. The van der Waals surface area contributed by atoms with Crippen LogP contribution >= 0.6 is 0 Å². The Balaban J connectivity index is 0.806. The molecule has 4 amide bonds. The van der Waals surface area contributed by atoms with Gasteiger partial charge in [-0.3, -0.25) is 33.8 Å². The van der Waals surface area contributed by atoms with E-state index in [-0.39, 0.29) is 209 Å². The van der Waals surface area contributed by atoms with Gasteiger partial charge < -0.3 is 172 Å². The predicted octanol–water partition coefficient (Wildman–Crippen LogP) is -8.52. The van der Waals surface area contributed by atoms with Crippen LogP contribution in [0.25, 0.3) is 0 Å². The topological polar surface area (TPSA) is 670 Å². The summed E-state index contributed by atoms with van der Waals surface area (Å²) in [6.45, 7) is 11.9. The van der Waals surface area contributed by atoms with E-state index in [9.17, 15) is 80.1 Å². The number of aromatic nitrogens is 12. The quantitative estimate of drug-likeness (QED) is 0.0183. The molecule has 4 aromatic rings. The van der Waals surface area contributed by atoms with Gasteiger partial charge in [0.2, 0.25) is 23.6 Å². The van der Waals surface area contributed by atoms with Crippen LogP contribution in [0.15, 0.2) is 24.8 Å². The molecule has 0 aliphatic carbocycles. The number of unbranched alkanes of at least 4 members (excludes halogenated alkanes) is 1. The Bertz CT molecular complexity index is 3890. The highest BCUT2D eigenvalue weighted by Crippen LogP contribution is 2.27. The monoisotopic (exact) mass is 1950 g/mol. The molecule has 4 aromatic heterocycles. The van der Waals surface area contributed by atoms with Crippen molar-refractivity contribution in [3.8, 4) is 0 Å². The molecule has 4 fully saturated rings. The van der Waals surface area contributed by atoms with Crippen molar-refractivity contribution in [2.75, 3.05) is 218 Å². The van der Waals surface area contributed by atoms with Crippen molar-refractivity contribution in [2.24, 2.45) is 0 Å². The smallest absolute Gasteiger partial charge is 0.320 e. The fraction of sp³-hybridized carbons (Fsp3) is 0.841. The summed E-state index contributed by atoms with van der Waals surface area (Å²) in [6.07, 6.45) is -7.06. The van der Waals surface area contributed by atoms with Crippen LogP contribution in [0.4, 0.5) is 0 Å². The van der Waals surface area contributed by atoms with Crippen LogP contribution in [-0.2, 0) is 171 Å². The molecule has 0 bridgehead atoms. The van der Waals surface area contributed by atoms with Crippen molar-refractivity contribution < 1.29 is 175 Å². The van der Waals surface area contributed by atoms with Gasteiger partial charge in [0.1, 0.15) is 67.0 Å². The second-order valence-corrected chi connectivity index (χ2v) is 32.2. The van der Waals surface area contributed by atoms with Crippen LogP contribution in [0, 0.1) is 0 Å². The van der Waals surface area contributed by atoms with Crippen LogP contribution in [-0.4, -0.2) is 490 Å². The van der Waals surface area contributed by atoms with Crippen molar-refractivity contribution in [1.82, 2.24) is 91.0 Å². The van der Waals surface area contributed by atoms with E-state index in [1.165, 1.54) is 27.7 Å². The van der Waals surface area contributed by atoms with Crippen molar-refractivity contribution in [1.29, 1.82) is 0 Å². The van der Waals surface area contributed by atoms with E-state index < -0.39 is 161 Å². The van der Waals surface area contributed by atoms with Crippen molar-refractivity contribution in [3.63, 3.8) is 0 Å². The molecule has 19 atom stereocenters. The third-order valence-electron chi connectivity index (χ3n) is 21.4. The van der Waals surface area contributed by atoms with Crippen LogP contribution in [0.2, 0.25) is 0 Å². The SMILES string of the molecule is CC(=O)NC1CC(O)C(CO)OC1OCCOCCOCCOCCn1cc(CN(CCCC[C@@H](C(=O)O)N(Cc2cn(CCOCCOCCOCCOC3OC(CO)C(O)CC3NC(C)=O)nn2)Cc2cn(CCOCCOCCOCCOC3OC(CO)C(O)C(O)C3NC(C)=O)nn2)Cc2cn(CCOCCOCCOCCOC3OC(CO)C(O)C(O)C3NC(C)=O)nn2)nn1. The van der Waals surface area contributed by atoms with E-state index in [1.54, 1.807) is 36.0 Å². The largest absolute Gasteiger partial charge is 0.480 e. The summed E-state index contributed by atoms with van der Waals surface area (Å²) in [7, 11) is 0. The molecule has 8 rings (SSSR count). The number of carbonyl (C=O) groups excluding carboxylic acids is 4. The molecular weight excluding hydrogens is 1810 g/mol. The first kappa shape index (κ1) is 114. The average Bonchev–Trinajstić information content (AvgIpc) is 1.16. The summed E-state index contributed by atoms with van der Waals surface area (Å²) in [6, 6.07) is -4.40. The van der Waals surface area contributed by atoms with Crippen LogP contribution in [0.1, 0.15) is 82.6 Å². The minimum atomic E-state index is -1.44. The highest BCUT2D eigenvalue weighted by molar-refractivity contribution is 5.75. The van der Waals surface area contributed by atoms with Crippen molar-refractivity contribution >= 4 is 29.6 Å². The zero-order chi connectivity index (χ0) is 97.6. The Kier molecular flexibility index (Phi) is 54.9. The number of aliphatic hydroxyl groups is 10. The van der Waals surface area contributed by atoms with E-state index in [4.69, 9.17) is 94.7 Å². The van der Waals surface area contributed by atoms with Gasteiger partial charge in [0.25, 0.3) is 0 Å². The van der Waals surface area contributed by atoms with E-state index in [0.717, 1.165) is 0 Å². The minimum absolute atomic E-state index is 0.00471. The standard InChI is InChI=1S/C82H142N18O36/c1-55(105)83-63-41-66(109)68(51-101)133-79(63)129-37-33-125-29-25-121-21-17-117-13-9-97-47-59(87-91-97)43-95(44-60-48-98(92-88-60)10-14-118-18-22-123-27-31-127-35-39-131-81-72(85-57(3)107)76(113)74(111)70(53-103)135-81)8-6-5-7-65(78(115)116)96(45-61-49-99(93-89-61)11-15-119-19-23-122-26-30-126-34-38-130-80-64(84-56(2)106)42-67(110)69(52-102)134-80)46-62-50-100(94-90-62)12-16-120-20-24-124-28-32-128-36-40-132-82-73(86-58(4)108)77(114)75(112)71(54-104)136-82/h47-50,63-77,79-82,101-104,109-114H,5-46,51-54H2,1-4H3,(H,83,105)(H,84,106)(H,85,107)(H,86,108)(H,115,116)/t63?,64?,65-,66?,67?,68?,69?,70?,71?,72?,73?,74?,75?,76?,77?,79?,80?,81?,82?/m0/s1. The molecule has 8 heterocycles. The number of ether oxygens (including phenoxy) is 20. The lowest BCUT2D eigenvalue weighted by molar-refractivity contribution is -0.272. The maximum atomic E-state index is 13.6. The predicted molar refractivity (Wildman–Crippen MR) is 461 cm³/mol. The molecule has 0 radical (unpaired) electrons. The Morgan fingerprint density at radius 3 is 0.904 bits per heavy atom. The first-order chi connectivity index (χ1) is 65.9. The number of carbonyl (C=O) groups is 5. The lowest BCUT2D eigenvalue weighted by Crippen LogP contribution is -2.64. The molecule has 15 N–H and O–H groups in total. The Labute approximate surface area is 786 Å². The van der Waals surface area contributed by atoms with Gasteiger partial charge >= 0.3 is 5.97 Å². The van der Waals surface area contributed by atoms with Crippen LogP contribution in [0.3, 0.4) is 0 Å². The number of carboxylic acids is 1. The van der Waals surface area contributed by atoms with Gasteiger partial charge in [0.15, 0.2) is 25.2 Å². The van der Waals surface area contributed by atoms with E-state index in [2.05, 4.69) is 67.4 Å². The van der Waals surface area contributed by atoms with Gasteiger partial charge in [0.05, 0.1) is 285 Å². The van der Waals surface area contributed by atoms with E-state index in [0.29, 0.717) is 101 Å². The molecule has 0 spiro atoms. The van der Waals surface area contributed by atoms with Gasteiger partial charge in [-0.05, 0) is 19.4 Å². The Morgan fingerprint density at radius 2 is 0.625 bits per heavy atom. The summed E-state index contributed by atoms with van der Waals surface area (Å²) < 4.78 is 120. The summed E-state index contributed by atoms with van der Waals surface area (Å²) in [5.74, 6) is -2.65. The normalized spacial score (nSPS) is 24.5. The van der Waals surface area contributed by atoms with Crippen LogP contribution in [0.5, 0.6) is 0 Å². The third-order valence-corrected chi connectivity index (χ3v) is 21.4. The molecule has 4 aliphatic heterocycles. The first-order valence-corrected chi connectivity index (χ1v) is 45.8. The summed E-state index contributed by atoms with van der Waals surface area (Å²) >= 11 is 0. The fourth-order valence-corrected chi connectivity index (χ4v) is 14.7. The van der Waals surface area contributed by atoms with Crippen molar-refractivity contribution in [3.05, 3.63) is 47.6 Å². The minimum Gasteiger partial charge on any atom is -0.480 e. The summed E-state index contributed by atoms with van der Waals surface area (Å²) in [5.41, 5.74) is 2.26. The summed E-state index contributed by atoms with van der Waals surface area (Å²) in [5, 5.41) is 157. The number of aliphatic carboxylic acids is 1. The molecule has 0 aromatic carbocycles. The highest BCUT2D eigenvalue weighted by Gasteiger charge is 2.48. The second kappa shape index (κ2) is 65.6. The number of amides is 4. The van der Waals surface area contributed by atoms with Gasteiger partial charge in [-0.1, -0.05) is 27.3 Å². The van der Waals surface area contributed by atoms with Gasteiger partial charge in [0, 0.05) is 91.5 Å². The molecule has 4 saturated heterocycles. The lowest BCUT2D eigenvalue weighted by Gasteiger charge is -2.42. The number of nitrogens with zero attached hydrogens (tertiary/aromatic N) is 14. The Hall–Kier alpha value is -7.37. The number of nitrogens with one attached hydrogen (secondary N) is 4. The number of rotatable bonds is 75. The van der Waals surface area contributed by atoms with Gasteiger partial charge in [-0.25, -0.2) is 18.7 Å². The average molecular weight is 1960 g/mol. The van der Waals surface area contributed by atoms with E-state index >= 15 is 0 Å². The third kappa shape index (κ3) is 43.0. The molecule has 136 heavy (non-hydrogen) atoms. The number of hydrogen-bond donors (Lipinski definition) is 15. The van der Waals surface area contributed by atoms with Crippen LogP contribution < -0.4 is 21.3 Å². The van der Waals surface area contributed by atoms with Crippen molar-refractivity contribution in [2.45, 2.75) is 229 Å². The molecule has 54 heteroatoms. The summed E-state index contributed by atoms with van der Waals surface area (Å²) in [4.78, 5) is 64.5. The Morgan fingerprint density at radius 1 is 0.360 bits per heavy atom. The number of carboxylic acid groups (broad SMARTS) is 1. The number of hydrogen-bond acceptors (Lipinski definition) is 45. The molecule has 4 aliphatic rings. The van der Waals surface area contributed by atoms with Gasteiger partial charge in [-0.2, -0.15) is 0 Å². The zero-order valence-electron chi connectivity index (χ0n) is 77.7. The molecule has 0 saturated carbocycles. The lowest BCUT2D eigenvalue weighted by atomic mass is 9.97. The fourth-order valence-electron chi connectivity index (χ4n) is 14.7. The zero-order valence-corrected chi connectivity index (χ0v) is 77.7.